The van der Waals surface area contributed by atoms with Gasteiger partial charge in [-0.05, 0) is 31.6 Å². The second-order valence-corrected chi connectivity index (χ2v) is 4.31. The number of fused-ring (bicyclic) bond motifs is 1. The molecule has 0 heterocycles. The molecule has 2 atom stereocenters. The van der Waals surface area contributed by atoms with Crippen molar-refractivity contribution in [1.82, 2.24) is 0 Å². The van der Waals surface area contributed by atoms with Gasteiger partial charge in [0, 0.05) is 5.41 Å². The normalized spacial score (nSPS) is 42.7. The lowest BCUT2D eigenvalue weighted by Gasteiger charge is -2.22. The Bertz CT molecular complexity index is 293. The summed E-state index contributed by atoms with van der Waals surface area (Å²) in [6.45, 7) is 0. The van der Waals surface area contributed by atoms with Crippen LogP contribution in [-0.2, 0) is 0 Å². The first-order valence-corrected chi connectivity index (χ1v) is 4.96. The number of allylic oxidation sites excluding steroid dienone is 6. The average Bonchev–Trinajstić information content (AvgIpc) is 2.39. The molecular weight excluding hydrogens is 144 g/mol. The van der Waals surface area contributed by atoms with Crippen LogP contribution in [0.2, 0.25) is 0 Å². The number of hydrogen-bond acceptors (Lipinski definition) is 0. The molecule has 0 saturated heterocycles. The zero-order valence-electron chi connectivity index (χ0n) is 7.29. The van der Waals surface area contributed by atoms with Gasteiger partial charge in [0.05, 0.1) is 0 Å². The minimum atomic E-state index is 0.508. The predicted molar refractivity (Wildman–Crippen MR) is 50.8 cm³/mol. The zero-order chi connectivity index (χ0) is 8.02. The van der Waals surface area contributed by atoms with Crippen LogP contribution in [0, 0.1) is 11.3 Å². The third-order valence-electron chi connectivity index (χ3n) is 3.61. The van der Waals surface area contributed by atoms with Gasteiger partial charge < -0.3 is 0 Å². The number of rotatable bonds is 0. The van der Waals surface area contributed by atoms with Crippen LogP contribution in [-0.4, -0.2) is 0 Å². The van der Waals surface area contributed by atoms with Gasteiger partial charge in [-0.15, -0.1) is 0 Å². The summed E-state index contributed by atoms with van der Waals surface area (Å²) in [7, 11) is 0. The highest BCUT2D eigenvalue weighted by molar-refractivity contribution is 5.37. The molecule has 62 valence electrons. The molecule has 0 aromatic heterocycles. The minimum absolute atomic E-state index is 0.508. The Labute approximate surface area is 73.7 Å². The first-order chi connectivity index (χ1) is 5.89. The summed E-state index contributed by atoms with van der Waals surface area (Å²) < 4.78 is 0. The van der Waals surface area contributed by atoms with Crippen molar-refractivity contribution in [3.8, 4) is 0 Å². The van der Waals surface area contributed by atoms with E-state index in [2.05, 4.69) is 30.4 Å². The predicted octanol–water partition coefficient (Wildman–Crippen LogP) is 3.23. The van der Waals surface area contributed by atoms with E-state index in [1.807, 2.05) is 0 Å². The number of hydrogen-bond donors (Lipinski definition) is 0. The summed E-state index contributed by atoms with van der Waals surface area (Å²) in [4.78, 5) is 0. The van der Waals surface area contributed by atoms with Crippen LogP contribution in [0.25, 0.3) is 0 Å². The van der Waals surface area contributed by atoms with Crippen LogP contribution in [0.4, 0.5) is 0 Å². The minimum Gasteiger partial charge on any atom is -0.0776 e. The van der Waals surface area contributed by atoms with Crippen molar-refractivity contribution in [2.45, 2.75) is 25.7 Å². The molecule has 12 heavy (non-hydrogen) atoms. The molecule has 2 bridgehead atoms. The van der Waals surface area contributed by atoms with E-state index in [4.69, 9.17) is 0 Å². The van der Waals surface area contributed by atoms with Crippen molar-refractivity contribution in [2.75, 3.05) is 0 Å². The van der Waals surface area contributed by atoms with Crippen molar-refractivity contribution in [2.24, 2.45) is 11.3 Å². The van der Waals surface area contributed by atoms with Gasteiger partial charge in [0.2, 0.25) is 0 Å². The van der Waals surface area contributed by atoms with Gasteiger partial charge in [-0.1, -0.05) is 36.0 Å². The highest BCUT2D eigenvalue weighted by Gasteiger charge is 2.41. The summed E-state index contributed by atoms with van der Waals surface area (Å²) in [5.74, 6) is 0.746. The molecule has 1 fully saturated rings. The van der Waals surface area contributed by atoms with Crippen molar-refractivity contribution in [1.29, 1.82) is 0 Å². The Balaban J connectivity index is 2.12. The van der Waals surface area contributed by atoms with Crippen molar-refractivity contribution < 1.29 is 0 Å². The van der Waals surface area contributed by atoms with Crippen LogP contribution in [0.1, 0.15) is 25.7 Å². The lowest BCUT2D eigenvalue weighted by molar-refractivity contribution is 0.438. The fraction of sp³-hybridized carbons (Fsp3) is 0.500. The largest absolute Gasteiger partial charge is 0.0776 e. The fourth-order valence-corrected chi connectivity index (χ4v) is 3.05. The molecule has 3 rings (SSSR count). The maximum absolute atomic E-state index is 2.51. The molecule has 1 saturated carbocycles. The van der Waals surface area contributed by atoms with Gasteiger partial charge in [-0.25, -0.2) is 0 Å². The van der Waals surface area contributed by atoms with E-state index in [1.54, 1.807) is 5.57 Å². The van der Waals surface area contributed by atoms with E-state index in [0.717, 1.165) is 5.92 Å². The summed E-state index contributed by atoms with van der Waals surface area (Å²) >= 11 is 0. The van der Waals surface area contributed by atoms with Gasteiger partial charge in [0.1, 0.15) is 0 Å². The quantitative estimate of drug-likeness (QED) is 0.475. The third-order valence-corrected chi connectivity index (χ3v) is 3.61. The van der Waals surface area contributed by atoms with E-state index >= 15 is 0 Å². The molecule has 0 amide bonds. The highest BCUT2D eigenvalue weighted by Crippen LogP contribution is 2.54. The molecule has 1 spiro atoms. The lowest BCUT2D eigenvalue weighted by atomic mass is 9.82. The van der Waals surface area contributed by atoms with E-state index in [0.29, 0.717) is 5.41 Å². The van der Waals surface area contributed by atoms with Crippen LogP contribution in [0.15, 0.2) is 36.0 Å². The molecule has 0 aromatic rings. The smallest absolute Gasteiger partial charge is 0.0103 e. The fourth-order valence-electron chi connectivity index (χ4n) is 3.05. The van der Waals surface area contributed by atoms with Crippen molar-refractivity contribution in [3.05, 3.63) is 36.0 Å². The Morgan fingerprint density at radius 2 is 2.33 bits per heavy atom. The maximum Gasteiger partial charge on any atom is 0.0103 e. The zero-order valence-corrected chi connectivity index (χ0v) is 7.29. The van der Waals surface area contributed by atoms with Gasteiger partial charge in [-0.2, -0.15) is 0 Å². The molecule has 3 aliphatic rings. The van der Waals surface area contributed by atoms with Gasteiger partial charge in [0.15, 0.2) is 0 Å². The molecular formula is C12H14. The molecule has 0 aromatic carbocycles. The first kappa shape index (κ1) is 6.71. The second kappa shape index (κ2) is 2.12. The summed E-state index contributed by atoms with van der Waals surface area (Å²) in [5, 5.41) is 0. The Hall–Kier alpha value is -0.780. The van der Waals surface area contributed by atoms with Gasteiger partial charge >= 0.3 is 0 Å². The standard InChI is InChI=1S/C12H14/c1-2-6-12-7-3-5-11(12)8-10(4-1)9-12/h1-2,4,6,8,10H,3,5,7,9H2/t10-,12+/m1/s1. The molecule has 0 aliphatic heterocycles. The Morgan fingerprint density at radius 3 is 3.33 bits per heavy atom. The monoisotopic (exact) mass is 158 g/mol. The van der Waals surface area contributed by atoms with Crippen LogP contribution >= 0.6 is 0 Å². The molecule has 0 unspecified atom stereocenters. The van der Waals surface area contributed by atoms with E-state index in [9.17, 15) is 0 Å². The molecule has 0 radical (unpaired) electrons. The summed E-state index contributed by atoms with van der Waals surface area (Å²) in [6.07, 6.45) is 17.3. The van der Waals surface area contributed by atoms with Crippen LogP contribution in [0.3, 0.4) is 0 Å². The maximum atomic E-state index is 2.51. The van der Waals surface area contributed by atoms with Gasteiger partial charge in [0.25, 0.3) is 0 Å². The SMILES string of the molecule is C1=C[C@@H]2C=C3CCC[C@@]3(C=C1)C2. The summed E-state index contributed by atoms with van der Waals surface area (Å²) in [6, 6.07) is 0. The van der Waals surface area contributed by atoms with Crippen LogP contribution < -0.4 is 0 Å². The first-order valence-electron chi connectivity index (χ1n) is 4.96. The molecule has 0 nitrogen and oxygen atoms in total. The highest BCUT2D eigenvalue weighted by atomic mass is 14.5. The van der Waals surface area contributed by atoms with Crippen molar-refractivity contribution in [3.63, 3.8) is 0 Å². The second-order valence-electron chi connectivity index (χ2n) is 4.31. The molecule has 0 heteroatoms. The van der Waals surface area contributed by atoms with Crippen LogP contribution in [0.5, 0.6) is 0 Å². The van der Waals surface area contributed by atoms with E-state index < -0.39 is 0 Å². The molecule has 3 aliphatic carbocycles. The topological polar surface area (TPSA) is 0 Å². The Morgan fingerprint density at radius 1 is 1.33 bits per heavy atom. The molecule has 0 N–H and O–H groups in total. The van der Waals surface area contributed by atoms with E-state index in [1.165, 1.54) is 25.7 Å². The van der Waals surface area contributed by atoms with Crippen molar-refractivity contribution >= 4 is 0 Å². The third kappa shape index (κ3) is 0.730. The Kier molecular flexibility index (Phi) is 1.19. The van der Waals surface area contributed by atoms with E-state index in [-0.39, 0.29) is 0 Å². The van der Waals surface area contributed by atoms with Gasteiger partial charge in [-0.3, -0.25) is 0 Å². The summed E-state index contributed by atoms with van der Waals surface area (Å²) in [5.41, 5.74) is 2.24. The lowest BCUT2D eigenvalue weighted by Crippen LogP contribution is -2.11. The average molecular weight is 158 g/mol.